The van der Waals surface area contributed by atoms with Crippen molar-refractivity contribution in [1.82, 2.24) is 0 Å². The third kappa shape index (κ3) is 6.06. The number of halogens is 1. The zero-order valence-corrected chi connectivity index (χ0v) is 20.1. The van der Waals surface area contributed by atoms with Gasteiger partial charge in [0.15, 0.2) is 0 Å². The number of hydrogen-bond acceptors (Lipinski definition) is 5. The Morgan fingerprint density at radius 2 is 1.79 bits per heavy atom. The SMILES string of the molecule is Cc1cc(OCCc2cccc(C(=N)N)c2)cc(N(CC(N)=O)S(=O)(=O)c2ccccc2Cl)c1. The van der Waals surface area contributed by atoms with Gasteiger partial charge < -0.3 is 16.2 Å². The number of anilines is 1. The second-order valence-electron chi connectivity index (χ2n) is 7.63. The number of benzene rings is 3. The highest BCUT2D eigenvalue weighted by molar-refractivity contribution is 7.93. The average Bonchev–Trinajstić information content (AvgIpc) is 2.77. The van der Waals surface area contributed by atoms with Gasteiger partial charge in [-0.3, -0.25) is 14.5 Å². The number of carbonyl (C=O) groups excluding carboxylic acids is 1. The quantitative estimate of drug-likeness (QED) is 0.289. The molecule has 0 aromatic heterocycles. The van der Waals surface area contributed by atoms with E-state index >= 15 is 0 Å². The minimum Gasteiger partial charge on any atom is -0.493 e. The summed E-state index contributed by atoms with van der Waals surface area (Å²) >= 11 is 6.13. The Balaban J connectivity index is 1.87. The van der Waals surface area contributed by atoms with Gasteiger partial charge in [0.1, 0.15) is 23.0 Å². The molecule has 0 fully saturated rings. The predicted octanol–water partition coefficient (Wildman–Crippen LogP) is 3.23. The third-order valence-corrected chi connectivity index (χ3v) is 7.20. The molecule has 1 amide bonds. The van der Waals surface area contributed by atoms with Gasteiger partial charge in [-0.15, -0.1) is 0 Å². The number of carbonyl (C=O) groups is 1. The van der Waals surface area contributed by atoms with Gasteiger partial charge in [0, 0.05) is 18.1 Å². The van der Waals surface area contributed by atoms with Crippen LogP contribution in [0.15, 0.2) is 71.6 Å². The highest BCUT2D eigenvalue weighted by Crippen LogP contribution is 2.31. The van der Waals surface area contributed by atoms with E-state index in [1.54, 1.807) is 37.3 Å². The number of amides is 1. The Kier molecular flexibility index (Phi) is 7.80. The van der Waals surface area contributed by atoms with E-state index in [9.17, 15) is 13.2 Å². The van der Waals surface area contributed by atoms with E-state index in [0.29, 0.717) is 24.3 Å². The molecule has 0 saturated heterocycles. The lowest BCUT2D eigenvalue weighted by Gasteiger charge is -2.24. The number of nitrogen functional groups attached to an aromatic ring is 1. The Bertz CT molecular complexity index is 1330. The lowest BCUT2D eigenvalue weighted by atomic mass is 10.1. The molecule has 0 unspecified atom stereocenters. The maximum Gasteiger partial charge on any atom is 0.266 e. The molecule has 34 heavy (non-hydrogen) atoms. The van der Waals surface area contributed by atoms with Crippen molar-refractivity contribution in [3.63, 3.8) is 0 Å². The normalized spacial score (nSPS) is 11.1. The van der Waals surface area contributed by atoms with Crippen LogP contribution >= 0.6 is 11.6 Å². The van der Waals surface area contributed by atoms with Crippen LogP contribution in [0.25, 0.3) is 0 Å². The van der Waals surface area contributed by atoms with Crippen LogP contribution in [0.2, 0.25) is 5.02 Å². The maximum absolute atomic E-state index is 13.4. The van der Waals surface area contributed by atoms with Crippen LogP contribution in [-0.2, 0) is 21.2 Å². The Morgan fingerprint density at radius 1 is 1.06 bits per heavy atom. The van der Waals surface area contributed by atoms with Crippen molar-refractivity contribution >= 4 is 39.1 Å². The number of amidine groups is 1. The fourth-order valence-corrected chi connectivity index (χ4v) is 5.28. The molecule has 0 heterocycles. The van der Waals surface area contributed by atoms with Gasteiger partial charge >= 0.3 is 0 Å². The number of rotatable bonds is 10. The van der Waals surface area contributed by atoms with Gasteiger partial charge in [-0.05, 0) is 48.4 Å². The highest BCUT2D eigenvalue weighted by Gasteiger charge is 2.29. The minimum atomic E-state index is -4.18. The average molecular weight is 501 g/mol. The Labute approximate surface area is 203 Å². The predicted molar refractivity (Wildman–Crippen MR) is 133 cm³/mol. The van der Waals surface area contributed by atoms with Crippen LogP contribution in [0.3, 0.4) is 0 Å². The number of nitrogens with two attached hydrogens (primary N) is 2. The lowest BCUT2D eigenvalue weighted by molar-refractivity contribution is -0.116. The van der Waals surface area contributed by atoms with Gasteiger partial charge in [0.05, 0.1) is 17.3 Å². The van der Waals surface area contributed by atoms with Gasteiger partial charge in [-0.25, -0.2) is 8.42 Å². The molecule has 0 saturated carbocycles. The van der Waals surface area contributed by atoms with E-state index in [-0.39, 0.29) is 21.4 Å². The fourth-order valence-electron chi connectivity index (χ4n) is 3.37. The van der Waals surface area contributed by atoms with E-state index in [2.05, 4.69) is 0 Å². The number of nitrogens with zero attached hydrogens (tertiary/aromatic N) is 1. The van der Waals surface area contributed by atoms with Crippen molar-refractivity contribution in [3.05, 3.63) is 88.4 Å². The molecule has 0 spiro atoms. The topological polar surface area (TPSA) is 140 Å². The van der Waals surface area contributed by atoms with Crippen molar-refractivity contribution in [2.24, 2.45) is 11.5 Å². The Morgan fingerprint density at radius 3 is 2.47 bits per heavy atom. The van der Waals surface area contributed by atoms with Gasteiger partial charge in [0.25, 0.3) is 10.0 Å². The van der Waals surface area contributed by atoms with Crippen LogP contribution in [0.1, 0.15) is 16.7 Å². The summed E-state index contributed by atoms with van der Waals surface area (Å²) in [5.74, 6) is -0.396. The zero-order chi connectivity index (χ0) is 24.9. The molecule has 0 aliphatic carbocycles. The van der Waals surface area contributed by atoms with Crippen LogP contribution < -0.4 is 20.5 Å². The lowest BCUT2D eigenvalue weighted by Crippen LogP contribution is -2.38. The molecule has 10 heteroatoms. The van der Waals surface area contributed by atoms with Crippen molar-refractivity contribution in [1.29, 1.82) is 5.41 Å². The molecule has 0 aliphatic rings. The van der Waals surface area contributed by atoms with Gasteiger partial charge in [-0.1, -0.05) is 41.9 Å². The maximum atomic E-state index is 13.4. The first kappa shape index (κ1) is 25.1. The molecule has 8 nitrogen and oxygen atoms in total. The molecule has 0 radical (unpaired) electrons. The molecule has 0 bridgehead atoms. The summed E-state index contributed by atoms with van der Waals surface area (Å²) in [6, 6.07) is 18.2. The van der Waals surface area contributed by atoms with Gasteiger partial charge in [0.2, 0.25) is 5.91 Å². The van der Waals surface area contributed by atoms with Crippen molar-refractivity contribution in [2.75, 3.05) is 17.5 Å². The first-order valence-electron chi connectivity index (χ1n) is 10.3. The third-order valence-electron chi connectivity index (χ3n) is 4.93. The highest BCUT2D eigenvalue weighted by atomic mass is 35.5. The van der Waals surface area contributed by atoms with E-state index < -0.39 is 22.5 Å². The second kappa shape index (κ2) is 10.6. The summed E-state index contributed by atoms with van der Waals surface area (Å²) in [6.45, 7) is 1.53. The largest absolute Gasteiger partial charge is 0.493 e. The molecule has 3 rings (SSSR count). The number of sulfonamides is 1. The molecule has 3 aromatic rings. The van der Waals surface area contributed by atoms with Crippen LogP contribution in [0.4, 0.5) is 5.69 Å². The van der Waals surface area contributed by atoms with E-state index in [0.717, 1.165) is 15.4 Å². The van der Waals surface area contributed by atoms with E-state index in [1.807, 2.05) is 18.2 Å². The number of hydrogen-bond donors (Lipinski definition) is 3. The molecule has 3 aromatic carbocycles. The summed E-state index contributed by atoms with van der Waals surface area (Å²) in [5.41, 5.74) is 13.4. The number of primary amides is 1. The van der Waals surface area contributed by atoms with Crippen molar-refractivity contribution in [3.8, 4) is 5.75 Å². The number of aryl methyl sites for hydroxylation is 1. The number of nitrogens with one attached hydrogen (secondary N) is 1. The van der Waals surface area contributed by atoms with Crippen LogP contribution in [0, 0.1) is 12.3 Å². The summed E-state index contributed by atoms with van der Waals surface area (Å²) in [5, 5.41) is 7.59. The van der Waals surface area contributed by atoms with E-state index in [1.165, 1.54) is 18.2 Å². The molecule has 5 N–H and O–H groups in total. The van der Waals surface area contributed by atoms with Crippen molar-refractivity contribution < 1.29 is 17.9 Å². The molecule has 0 atom stereocenters. The van der Waals surface area contributed by atoms with E-state index in [4.69, 9.17) is 33.2 Å². The summed E-state index contributed by atoms with van der Waals surface area (Å²) in [4.78, 5) is 11.6. The van der Waals surface area contributed by atoms with Gasteiger partial charge in [-0.2, -0.15) is 0 Å². The summed E-state index contributed by atoms with van der Waals surface area (Å²) < 4.78 is 33.5. The first-order chi connectivity index (χ1) is 16.1. The van der Waals surface area contributed by atoms with Crippen LogP contribution in [-0.4, -0.2) is 33.3 Å². The Hall–Kier alpha value is -3.56. The standard InChI is InChI=1S/C24H25ClN4O4S/c1-16-11-19(29(15-23(26)30)34(31,32)22-8-3-2-7-21(22)25)14-20(12-16)33-10-9-17-5-4-6-18(13-17)24(27)28/h2-8,11-14H,9-10,15H2,1H3,(H2,26,30)(H3,27,28). The van der Waals surface area contributed by atoms with Crippen molar-refractivity contribution in [2.45, 2.75) is 18.2 Å². The minimum absolute atomic E-state index is 0.0136. The fraction of sp³-hybridized carbons (Fsp3) is 0.167. The zero-order valence-electron chi connectivity index (χ0n) is 18.5. The van der Waals surface area contributed by atoms with Crippen LogP contribution in [0.5, 0.6) is 5.75 Å². The smallest absolute Gasteiger partial charge is 0.266 e. The number of ether oxygens (including phenoxy) is 1. The molecular weight excluding hydrogens is 476 g/mol. The molecular formula is C24H25ClN4O4S. The summed E-state index contributed by atoms with van der Waals surface area (Å²) in [7, 11) is -4.18. The monoisotopic (exact) mass is 500 g/mol. The first-order valence-corrected chi connectivity index (χ1v) is 12.1. The molecule has 0 aliphatic heterocycles. The summed E-state index contributed by atoms with van der Waals surface area (Å²) in [6.07, 6.45) is 0.549. The second-order valence-corrected chi connectivity index (χ2v) is 9.86. The molecule has 178 valence electrons.